The van der Waals surface area contributed by atoms with Crippen molar-refractivity contribution in [3.8, 4) is 5.75 Å². The molecular weight excluding hydrogens is 258 g/mol. The molecule has 0 fully saturated rings. The second-order valence-electron chi connectivity index (χ2n) is 5.51. The van der Waals surface area contributed by atoms with Gasteiger partial charge in [0.25, 0.3) is 0 Å². The third-order valence-corrected chi connectivity index (χ3v) is 3.32. The molecule has 1 aliphatic heterocycles. The van der Waals surface area contributed by atoms with Crippen molar-refractivity contribution in [2.45, 2.75) is 26.7 Å². The molecule has 108 valence electrons. The normalized spacial score (nSPS) is 14.2. The molecule has 1 aliphatic rings. The van der Waals surface area contributed by atoms with E-state index in [1.807, 2.05) is 12.1 Å². The smallest absolute Gasteiger partial charge is 0.242 e. The van der Waals surface area contributed by atoms with E-state index >= 15 is 0 Å². The zero-order chi connectivity index (χ0) is 14.8. The van der Waals surface area contributed by atoms with Crippen LogP contribution in [0, 0.1) is 5.41 Å². The molecule has 0 unspecified atom stereocenters. The van der Waals surface area contributed by atoms with Gasteiger partial charge in [-0.1, -0.05) is 6.07 Å². The van der Waals surface area contributed by atoms with Crippen molar-refractivity contribution >= 4 is 17.5 Å². The van der Waals surface area contributed by atoms with E-state index in [0.717, 1.165) is 17.7 Å². The highest BCUT2D eigenvalue weighted by atomic mass is 16.5. The number of hydrogen-bond donors (Lipinski definition) is 3. The Morgan fingerprint density at radius 3 is 2.90 bits per heavy atom. The first-order valence-electron chi connectivity index (χ1n) is 6.49. The topological polar surface area (TPSA) is 93.4 Å². The molecule has 6 heteroatoms. The zero-order valence-corrected chi connectivity index (χ0v) is 11.7. The highest BCUT2D eigenvalue weighted by molar-refractivity contribution is 5.94. The van der Waals surface area contributed by atoms with Gasteiger partial charge in [-0.3, -0.25) is 15.0 Å². The van der Waals surface area contributed by atoms with Crippen molar-refractivity contribution in [3.05, 3.63) is 23.8 Å². The molecule has 1 aromatic carbocycles. The lowest BCUT2D eigenvalue weighted by Crippen LogP contribution is -2.44. The van der Waals surface area contributed by atoms with Crippen molar-refractivity contribution in [2.24, 2.45) is 11.3 Å². The van der Waals surface area contributed by atoms with E-state index in [1.165, 1.54) is 0 Å². The molecule has 0 saturated carbocycles. The monoisotopic (exact) mass is 277 g/mol. The lowest BCUT2D eigenvalue weighted by molar-refractivity contribution is -0.130. The number of hydrazine groups is 1. The van der Waals surface area contributed by atoms with Crippen LogP contribution in [0.25, 0.3) is 0 Å². The number of carbonyl (C=O) groups is 2. The zero-order valence-electron chi connectivity index (χ0n) is 11.7. The first-order chi connectivity index (χ1) is 9.42. The number of anilines is 1. The molecule has 2 amide bonds. The molecule has 6 nitrogen and oxygen atoms in total. The number of hydrogen-bond acceptors (Lipinski definition) is 4. The fourth-order valence-corrected chi connectivity index (χ4v) is 1.97. The number of rotatable bonds is 4. The van der Waals surface area contributed by atoms with Crippen LogP contribution in [0.15, 0.2) is 18.2 Å². The molecule has 0 aromatic heterocycles. The largest absolute Gasteiger partial charge is 0.492 e. The Morgan fingerprint density at radius 2 is 2.20 bits per heavy atom. The quantitative estimate of drug-likeness (QED) is 0.434. The van der Waals surface area contributed by atoms with Gasteiger partial charge in [0, 0.05) is 18.2 Å². The molecule has 2 rings (SSSR count). The fraction of sp³-hybridized carbons (Fsp3) is 0.429. The van der Waals surface area contributed by atoms with Gasteiger partial charge in [-0.15, -0.1) is 0 Å². The summed E-state index contributed by atoms with van der Waals surface area (Å²) < 4.78 is 5.63. The van der Waals surface area contributed by atoms with Crippen LogP contribution in [0.1, 0.15) is 25.8 Å². The molecule has 20 heavy (non-hydrogen) atoms. The number of aryl methyl sites for hydroxylation is 1. The first-order valence-corrected chi connectivity index (χ1v) is 6.49. The lowest BCUT2D eigenvalue weighted by atomic mass is 9.94. The summed E-state index contributed by atoms with van der Waals surface area (Å²) in [6.07, 6.45) is 1.25. The molecule has 0 radical (unpaired) electrons. The van der Waals surface area contributed by atoms with E-state index in [1.54, 1.807) is 19.9 Å². The van der Waals surface area contributed by atoms with Crippen LogP contribution in [0.4, 0.5) is 5.69 Å². The maximum atomic E-state index is 11.6. The summed E-state index contributed by atoms with van der Waals surface area (Å²) in [6, 6.07) is 5.55. The molecule has 0 bridgehead atoms. The van der Waals surface area contributed by atoms with Gasteiger partial charge >= 0.3 is 0 Å². The first kappa shape index (κ1) is 14.3. The van der Waals surface area contributed by atoms with E-state index in [-0.39, 0.29) is 18.4 Å². The Balaban J connectivity index is 2.06. The van der Waals surface area contributed by atoms with Crippen LogP contribution in [-0.4, -0.2) is 18.4 Å². The van der Waals surface area contributed by atoms with Crippen LogP contribution < -0.4 is 21.3 Å². The van der Waals surface area contributed by atoms with E-state index in [9.17, 15) is 9.59 Å². The minimum absolute atomic E-state index is 0.0116. The van der Waals surface area contributed by atoms with Crippen LogP contribution in [0.3, 0.4) is 0 Å². The number of nitrogens with one attached hydrogen (secondary N) is 2. The Bertz CT molecular complexity index is 540. The maximum Gasteiger partial charge on any atom is 0.242 e. The standard InChI is InChI=1S/C14H19N3O3/c1-14(2,13(19)17-15)8-20-10-5-3-9-4-6-12(18)16-11(9)7-10/h3,5,7H,4,6,8,15H2,1-2H3,(H,16,18)(H,17,19). The number of amides is 2. The Morgan fingerprint density at radius 1 is 1.45 bits per heavy atom. The van der Waals surface area contributed by atoms with Gasteiger partial charge in [-0.2, -0.15) is 0 Å². The molecule has 0 spiro atoms. The summed E-state index contributed by atoms with van der Waals surface area (Å²) in [5, 5.41) is 2.81. The van der Waals surface area contributed by atoms with E-state index in [4.69, 9.17) is 10.6 Å². The predicted octanol–water partition coefficient (Wildman–Crippen LogP) is 0.966. The maximum absolute atomic E-state index is 11.6. The third kappa shape index (κ3) is 3.08. The molecule has 1 aromatic rings. The van der Waals surface area contributed by atoms with Crippen molar-refractivity contribution in [2.75, 3.05) is 11.9 Å². The van der Waals surface area contributed by atoms with Gasteiger partial charge in [0.15, 0.2) is 0 Å². The Labute approximate surface area is 117 Å². The molecule has 4 N–H and O–H groups in total. The number of benzene rings is 1. The summed E-state index contributed by atoms with van der Waals surface area (Å²) in [7, 11) is 0. The summed E-state index contributed by atoms with van der Waals surface area (Å²) >= 11 is 0. The van der Waals surface area contributed by atoms with Gasteiger partial charge < -0.3 is 10.1 Å². The Kier molecular flexibility index (Phi) is 3.94. The van der Waals surface area contributed by atoms with Crippen LogP contribution in [0.5, 0.6) is 5.75 Å². The van der Waals surface area contributed by atoms with Crippen molar-refractivity contribution < 1.29 is 14.3 Å². The average Bonchev–Trinajstić information content (AvgIpc) is 2.43. The second-order valence-corrected chi connectivity index (χ2v) is 5.51. The van der Waals surface area contributed by atoms with Crippen molar-refractivity contribution in [1.82, 2.24) is 5.43 Å². The molecule has 1 heterocycles. The second kappa shape index (κ2) is 5.50. The van der Waals surface area contributed by atoms with Gasteiger partial charge in [0.1, 0.15) is 12.4 Å². The summed E-state index contributed by atoms with van der Waals surface area (Å²) in [5.74, 6) is 5.47. The summed E-state index contributed by atoms with van der Waals surface area (Å²) in [6.45, 7) is 3.69. The predicted molar refractivity (Wildman–Crippen MR) is 75.0 cm³/mol. The fourth-order valence-electron chi connectivity index (χ4n) is 1.97. The Hall–Kier alpha value is -2.08. The molecular formula is C14H19N3O3. The molecule has 0 atom stereocenters. The minimum atomic E-state index is -0.728. The minimum Gasteiger partial charge on any atom is -0.492 e. The summed E-state index contributed by atoms with van der Waals surface area (Å²) in [4.78, 5) is 22.9. The third-order valence-electron chi connectivity index (χ3n) is 3.32. The highest BCUT2D eigenvalue weighted by Crippen LogP contribution is 2.28. The van der Waals surface area contributed by atoms with E-state index in [0.29, 0.717) is 12.2 Å². The van der Waals surface area contributed by atoms with Crippen molar-refractivity contribution in [1.29, 1.82) is 0 Å². The lowest BCUT2D eigenvalue weighted by Gasteiger charge is -2.23. The molecule has 0 aliphatic carbocycles. The number of carbonyl (C=O) groups excluding carboxylic acids is 2. The number of ether oxygens (including phenoxy) is 1. The summed E-state index contributed by atoms with van der Waals surface area (Å²) in [5.41, 5.74) is 3.26. The number of nitrogens with two attached hydrogens (primary N) is 1. The van der Waals surface area contributed by atoms with Gasteiger partial charge in [0.05, 0.1) is 5.41 Å². The van der Waals surface area contributed by atoms with E-state index in [2.05, 4.69) is 10.7 Å². The van der Waals surface area contributed by atoms with Crippen LogP contribution in [0.2, 0.25) is 0 Å². The molecule has 0 saturated heterocycles. The average molecular weight is 277 g/mol. The van der Waals surface area contributed by atoms with Crippen LogP contribution in [-0.2, 0) is 16.0 Å². The van der Waals surface area contributed by atoms with Crippen molar-refractivity contribution in [3.63, 3.8) is 0 Å². The SMILES string of the molecule is CC(C)(COc1ccc2c(c1)NC(=O)CC2)C(=O)NN. The van der Waals surface area contributed by atoms with Gasteiger partial charge in [-0.25, -0.2) is 5.84 Å². The van der Waals surface area contributed by atoms with E-state index < -0.39 is 5.41 Å². The highest BCUT2D eigenvalue weighted by Gasteiger charge is 2.28. The van der Waals surface area contributed by atoms with Gasteiger partial charge in [-0.05, 0) is 31.9 Å². The van der Waals surface area contributed by atoms with Gasteiger partial charge in [0.2, 0.25) is 11.8 Å². The number of fused-ring (bicyclic) bond motifs is 1. The van der Waals surface area contributed by atoms with Crippen LogP contribution >= 0.6 is 0 Å².